The molecule has 0 saturated heterocycles. The minimum atomic E-state index is 0.562. The maximum absolute atomic E-state index is 6.18. The van der Waals surface area contributed by atoms with Crippen molar-refractivity contribution in [3.05, 3.63) is 99.7 Å². The van der Waals surface area contributed by atoms with Crippen molar-refractivity contribution in [2.24, 2.45) is 5.10 Å². The van der Waals surface area contributed by atoms with E-state index in [-0.39, 0.29) is 0 Å². The van der Waals surface area contributed by atoms with Crippen molar-refractivity contribution in [1.82, 2.24) is 9.99 Å². The molecule has 152 valence electrons. The minimum Gasteiger partial charge on any atom is -0.496 e. The van der Waals surface area contributed by atoms with Crippen LogP contribution in [-0.2, 0) is 13.1 Å². The number of fused-ring (bicyclic) bond motifs is 1. The van der Waals surface area contributed by atoms with Gasteiger partial charge in [-0.1, -0.05) is 65.7 Å². The van der Waals surface area contributed by atoms with Gasteiger partial charge in [-0.15, -0.1) is 0 Å². The van der Waals surface area contributed by atoms with E-state index in [0.29, 0.717) is 23.1 Å². The molecule has 0 saturated carbocycles. The molecular formula is C24H21Cl2N3O. The van der Waals surface area contributed by atoms with Crippen LogP contribution in [-0.4, -0.2) is 17.9 Å². The van der Waals surface area contributed by atoms with Crippen molar-refractivity contribution < 1.29 is 4.74 Å². The molecule has 0 bridgehead atoms. The second kappa shape index (κ2) is 9.24. The van der Waals surface area contributed by atoms with E-state index in [1.165, 1.54) is 0 Å². The zero-order valence-corrected chi connectivity index (χ0v) is 18.0. The molecule has 30 heavy (non-hydrogen) atoms. The number of benzene rings is 3. The first-order chi connectivity index (χ1) is 14.7. The third-order valence-electron chi connectivity index (χ3n) is 4.91. The molecule has 0 aliphatic rings. The number of hydrogen-bond acceptors (Lipinski definition) is 3. The highest BCUT2D eigenvalue weighted by atomic mass is 35.5. The topological polar surface area (TPSA) is 38.5 Å². The van der Waals surface area contributed by atoms with Crippen molar-refractivity contribution in [3.63, 3.8) is 0 Å². The summed E-state index contributed by atoms with van der Waals surface area (Å²) in [6, 6.07) is 21.9. The molecule has 0 spiro atoms. The second-order valence-electron chi connectivity index (χ2n) is 6.88. The van der Waals surface area contributed by atoms with E-state index in [9.17, 15) is 0 Å². The van der Waals surface area contributed by atoms with Crippen LogP contribution < -0.4 is 10.2 Å². The number of para-hydroxylation sites is 2. The predicted molar refractivity (Wildman–Crippen MR) is 125 cm³/mol. The zero-order chi connectivity index (χ0) is 20.9. The summed E-state index contributed by atoms with van der Waals surface area (Å²) in [6.45, 7) is 1.28. The van der Waals surface area contributed by atoms with E-state index in [1.54, 1.807) is 7.11 Å². The summed E-state index contributed by atoms with van der Waals surface area (Å²) in [4.78, 5) is 0. The van der Waals surface area contributed by atoms with Crippen molar-refractivity contribution >= 4 is 40.3 Å². The molecule has 4 rings (SSSR count). The van der Waals surface area contributed by atoms with Crippen molar-refractivity contribution in [2.45, 2.75) is 13.1 Å². The van der Waals surface area contributed by atoms with Crippen LogP contribution in [0.3, 0.4) is 0 Å². The van der Waals surface area contributed by atoms with Crippen LogP contribution in [0.2, 0.25) is 10.0 Å². The zero-order valence-electron chi connectivity index (χ0n) is 16.5. The number of nitrogens with one attached hydrogen (secondary N) is 1. The Kier molecular flexibility index (Phi) is 6.26. The summed E-state index contributed by atoms with van der Waals surface area (Å²) in [7, 11) is 1.67. The van der Waals surface area contributed by atoms with E-state index < -0.39 is 0 Å². The Labute approximate surface area is 185 Å². The maximum Gasteiger partial charge on any atom is 0.123 e. The minimum absolute atomic E-state index is 0.562. The van der Waals surface area contributed by atoms with E-state index in [1.807, 2.05) is 60.8 Å². The number of halogens is 2. The molecule has 0 fully saturated rings. The number of methoxy groups -OCH3 is 1. The summed E-state index contributed by atoms with van der Waals surface area (Å²) in [6.07, 6.45) is 3.95. The first-order valence-electron chi connectivity index (χ1n) is 9.55. The molecule has 0 amide bonds. The summed E-state index contributed by atoms with van der Waals surface area (Å²) < 4.78 is 7.57. The number of hydrogen-bond donors (Lipinski definition) is 1. The Morgan fingerprint density at radius 2 is 1.80 bits per heavy atom. The second-order valence-corrected chi connectivity index (χ2v) is 7.70. The highest BCUT2D eigenvalue weighted by Crippen LogP contribution is 2.25. The molecule has 6 heteroatoms. The Bertz CT molecular complexity index is 1200. The highest BCUT2D eigenvalue weighted by molar-refractivity contribution is 6.42. The van der Waals surface area contributed by atoms with Gasteiger partial charge in [0.25, 0.3) is 0 Å². The van der Waals surface area contributed by atoms with Crippen LogP contribution in [0.4, 0.5) is 0 Å². The molecule has 4 aromatic rings. The quantitative estimate of drug-likeness (QED) is 0.279. The van der Waals surface area contributed by atoms with E-state index in [2.05, 4.69) is 33.4 Å². The van der Waals surface area contributed by atoms with Crippen molar-refractivity contribution in [1.29, 1.82) is 0 Å². The summed E-state index contributed by atoms with van der Waals surface area (Å²) in [5.41, 5.74) is 7.43. The molecule has 0 aliphatic heterocycles. The van der Waals surface area contributed by atoms with Gasteiger partial charge in [-0.2, -0.15) is 5.10 Å². The Morgan fingerprint density at radius 1 is 1.00 bits per heavy atom. The lowest BCUT2D eigenvalue weighted by Gasteiger charge is -2.07. The number of ether oxygens (including phenoxy) is 1. The molecular weight excluding hydrogens is 417 g/mol. The lowest BCUT2D eigenvalue weighted by molar-refractivity contribution is 0.408. The number of rotatable bonds is 7. The van der Waals surface area contributed by atoms with Crippen LogP contribution in [0.15, 0.2) is 78.0 Å². The average molecular weight is 438 g/mol. The fourth-order valence-electron chi connectivity index (χ4n) is 3.44. The first kappa shape index (κ1) is 20.3. The molecule has 3 aromatic carbocycles. The van der Waals surface area contributed by atoms with Crippen LogP contribution in [0.1, 0.15) is 16.7 Å². The van der Waals surface area contributed by atoms with Gasteiger partial charge in [0.2, 0.25) is 0 Å². The van der Waals surface area contributed by atoms with Crippen LogP contribution in [0.5, 0.6) is 5.75 Å². The van der Waals surface area contributed by atoms with Crippen molar-refractivity contribution in [3.8, 4) is 5.75 Å². The number of aromatic nitrogens is 1. The highest BCUT2D eigenvalue weighted by Gasteiger charge is 2.08. The summed E-state index contributed by atoms with van der Waals surface area (Å²) >= 11 is 12.2. The van der Waals surface area contributed by atoms with E-state index >= 15 is 0 Å². The molecule has 1 heterocycles. The van der Waals surface area contributed by atoms with Gasteiger partial charge in [0.15, 0.2) is 0 Å². The predicted octanol–water partition coefficient (Wildman–Crippen LogP) is 6.13. The Hall–Kier alpha value is -2.95. The first-order valence-corrected chi connectivity index (χ1v) is 10.3. The summed E-state index contributed by atoms with van der Waals surface area (Å²) in [5, 5.41) is 6.69. The van der Waals surface area contributed by atoms with Gasteiger partial charge in [-0.25, -0.2) is 0 Å². The van der Waals surface area contributed by atoms with Crippen LogP contribution in [0, 0.1) is 0 Å². The molecule has 4 nitrogen and oxygen atoms in total. The van der Waals surface area contributed by atoms with Gasteiger partial charge >= 0.3 is 0 Å². The van der Waals surface area contributed by atoms with Gasteiger partial charge in [0.05, 0.1) is 29.9 Å². The standard InChI is InChI=1S/C24H21Cl2N3O/c1-30-24-9-5-2-6-18(24)13-27-28-14-19-16-29(23-8-4-3-7-20(19)23)15-17-10-11-21(25)22(26)12-17/h2-12,14,16,27H,13,15H2,1H3/b28-14+. The van der Waals surface area contributed by atoms with Gasteiger partial charge in [-0.05, 0) is 29.8 Å². The van der Waals surface area contributed by atoms with Gasteiger partial charge in [0, 0.05) is 34.8 Å². The van der Waals surface area contributed by atoms with E-state index in [0.717, 1.165) is 33.3 Å². The smallest absolute Gasteiger partial charge is 0.123 e. The SMILES string of the molecule is COc1ccccc1CN/N=C/c1cn(Cc2ccc(Cl)c(Cl)c2)c2ccccc12. The molecule has 1 aromatic heterocycles. The fourth-order valence-corrected chi connectivity index (χ4v) is 3.76. The van der Waals surface area contributed by atoms with Crippen LogP contribution in [0.25, 0.3) is 10.9 Å². The monoisotopic (exact) mass is 437 g/mol. The number of nitrogens with zero attached hydrogens (tertiary/aromatic N) is 2. The molecule has 1 N–H and O–H groups in total. The third-order valence-corrected chi connectivity index (χ3v) is 5.65. The fraction of sp³-hybridized carbons (Fsp3) is 0.125. The normalized spacial score (nSPS) is 11.3. The lowest BCUT2D eigenvalue weighted by atomic mass is 10.2. The van der Waals surface area contributed by atoms with Gasteiger partial charge in [0.1, 0.15) is 5.75 Å². The Morgan fingerprint density at radius 3 is 2.63 bits per heavy atom. The molecule has 0 radical (unpaired) electrons. The molecule has 0 atom stereocenters. The number of hydrazone groups is 1. The van der Waals surface area contributed by atoms with Gasteiger partial charge < -0.3 is 14.7 Å². The maximum atomic E-state index is 6.18. The van der Waals surface area contributed by atoms with Crippen molar-refractivity contribution in [2.75, 3.05) is 7.11 Å². The lowest BCUT2D eigenvalue weighted by Crippen LogP contribution is -2.06. The van der Waals surface area contributed by atoms with Crippen LogP contribution >= 0.6 is 23.2 Å². The largest absolute Gasteiger partial charge is 0.496 e. The van der Waals surface area contributed by atoms with Gasteiger partial charge in [-0.3, -0.25) is 0 Å². The third kappa shape index (κ3) is 4.45. The molecule has 0 unspecified atom stereocenters. The molecule has 0 aliphatic carbocycles. The van der Waals surface area contributed by atoms with E-state index in [4.69, 9.17) is 27.9 Å². The average Bonchev–Trinajstić information content (AvgIpc) is 3.11. The summed E-state index contributed by atoms with van der Waals surface area (Å²) in [5.74, 6) is 0.846. The Balaban J connectivity index is 1.54.